The average Bonchev–Trinajstić information content (AvgIpc) is 2.06. The summed E-state index contributed by atoms with van der Waals surface area (Å²) < 4.78 is 58.5. The SMILES string of the molecule is O=S(=O)(Cl)c1nc(F)c(C(F)F)cc1Br. The van der Waals surface area contributed by atoms with Crippen LogP contribution in [0.25, 0.3) is 0 Å². The molecule has 15 heavy (non-hydrogen) atoms. The van der Waals surface area contributed by atoms with Gasteiger partial charge in [0.15, 0.2) is 5.03 Å². The number of alkyl halides is 2. The van der Waals surface area contributed by atoms with Crippen molar-refractivity contribution in [3.8, 4) is 0 Å². The second-order valence-electron chi connectivity index (χ2n) is 2.39. The van der Waals surface area contributed by atoms with Gasteiger partial charge >= 0.3 is 0 Å². The molecule has 0 aliphatic rings. The number of hydrogen-bond acceptors (Lipinski definition) is 3. The molecule has 0 radical (unpaired) electrons. The molecule has 1 heterocycles. The quantitative estimate of drug-likeness (QED) is 0.621. The molecule has 0 spiro atoms. The van der Waals surface area contributed by atoms with Crippen LogP contribution in [0.15, 0.2) is 15.6 Å². The molecule has 9 heteroatoms. The second kappa shape index (κ2) is 4.26. The van der Waals surface area contributed by atoms with E-state index in [0.29, 0.717) is 6.07 Å². The molecule has 0 saturated heterocycles. The Bertz CT molecular complexity index is 493. The molecule has 0 N–H and O–H groups in total. The number of pyridine rings is 1. The zero-order chi connectivity index (χ0) is 11.8. The first-order valence-corrected chi connectivity index (χ1v) is 6.42. The van der Waals surface area contributed by atoms with Crippen molar-refractivity contribution in [2.75, 3.05) is 0 Å². The van der Waals surface area contributed by atoms with Crippen LogP contribution in [0.2, 0.25) is 0 Å². The summed E-state index contributed by atoms with van der Waals surface area (Å²) in [7, 11) is 0.624. The zero-order valence-corrected chi connectivity index (χ0v) is 9.87. The monoisotopic (exact) mass is 323 g/mol. The van der Waals surface area contributed by atoms with Crippen LogP contribution in [0.5, 0.6) is 0 Å². The Morgan fingerprint density at radius 2 is 2.00 bits per heavy atom. The van der Waals surface area contributed by atoms with Gasteiger partial charge in [0.2, 0.25) is 5.95 Å². The van der Waals surface area contributed by atoms with Gasteiger partial charge in [-0.3, -0.25) is 0 Å². The highest BCUT2D eigenvalue weighted by molar-refractivity contribution is 9.10. The summed E-state index contributed by atoms with van der Waals surface area (Å²) >= 11 is 2.66. The Morgan fingerprint density at radius 3 is 2.40 bits per heavy atom. The minimum atomic E-state index is -4.27. The minimum absolute atomic E-state index is 0.311. The van der Waals surface area contributed by atoms with Gasteiger partial charge in [-0.05, 0) is 22.0 Å². The van der Waals surface area contributed by atoms with E-state index in [1.807, 2.05) is 0 Å². The predicted molar refractivity (Wildman–Crippen MR) is 49.9 cm³/mol. The molecule has 0 amide bonds. The fourth-order valence-electron chi connectivity index (χ4n) is 0.789. The standard InChI is InChI=1S/C6H2BrClF3NO2S/c7-3-1-2(4(9)10)5(11)12-6(3)15(8,13)14/h1,4H. The van der Waals surface area contributed by atoms with Crippen LogP contribution in [-0.2, 0) is 9.05 Å². The summed E-state index contributed by atoms with van der Waals surface area (Å²) in [6.07, 6.45) is -3.08. The van der Waals surface area contributed by atoms with Crippen molar-refractivity contribution in [1.29, 1.82) is 0 Å². The zero-order valence-electron chi connectivity index (χ0n) is 6.72. The Balaban J connectivity index is 3.46. The molecule has 0 aromatic carbocycles. The average molecular weight is 325 g/mol. The summed E-state index contributed by atoms with van der Waals surface area (Å²) in [6.45, 7) is 0. The van der Waals surface area contributed by atoms with Crippen molar-refractivity contribution in [2.24, 2.45) is 0 Å². The van der Waals surface area contributed by atoms with E-state index in [9.17, 15) is 21.6 Å². The molecule has 0 aliphatic heterocycles. The van der Waals surface area contributed by atoms with Crippen molar-refractivity contribution in [3.05, 3.63) is 22.1 Å². The Kier molecular flexibility index (Phi) is 3.62. The van der Waals surface area contributed by atoms with E-state index in [1.165, 1.54) is 0 Å². The highest BCUT2D eigenvalue weighted by atomic mass is 79.9. The lowest BCUT2D eigenvalue weighted by molar-refractivity contribution is 0.144. The van der Waals surface area contributed by atoms with Gasteiger partial charge in [0.25, 0.3) is 15.5 Å². The van der Waals surface area contributed by atoms with Gasteiger partial charge in [0.05, 0.1) is 10.0 Å². The van der Waals surface area contributed by atoms with E-state index in [1.54, 1.807) is 0 Å². The number of nitrogens with zero attached hydrogens (tertiary/aromatic N) is 1. The summed E-state index contributed by atoms with van der Waals surface area (Å²) in [6, 6.07) is 0.627. The Labute approximate surface area is 95.8 Å². The first kappa shape index (κ1) is 12.7. The molecule has 0 saturated carbocycles. The predicted octanol–water partition coefficient (Wildman–Crippen LogP) is 2.85. The molecule has 0 aliphatic carbocycles. The van der Waals surface area contributed by atoms with Crippen LogP contribution in [0.3, 0.4) is 0 Å². The molecule has 1 aromatic heterocycles. The van der Waals surface area contributed by atoms with E-state index < -0.39 is 32.0 Å². The third kappa shape index (κ3) is 2.82. The molecule has 0 unspecified atom stereocenters. The first-order valence-electron chi connectivity index (χ1n) is 3.32. The third-order valence-electron chi connectivity index (χ3n) is 1.39. The van der Waals surface area contributed by atoms with Crippen molar-refractivity contribution in [2.45, 2.75) is 11.5 Å². The summed E-state index contributed by atoms with van der Waals surface area (Å²) in [5.41, 5.74) is -0.994. The topological polar surface area (TPSA) is 47.0 Å². The molecule has 1 aromatic rings. The van der Waals surface area contributed by atoms with Gasteiger partial charge in [0.1, 0.15) is 0 Å². The molecule has 3 nitrogen and oxygen atoms in total. The van der Waals surface area contributed by atoms with Crippen molar-refractivity contribution < 1.29 is 21.6 Å². The van der Waals surface area contributed by atoms with Crippen LogP contribution in [0.4, 0.5) is 13.2 Å². The van der Waals surface area contributed by atoms with Crippen LogP contribution in [0.1, 0.15) is 12.0 Å². The Hall–Kier alpha value is -0.340. The summed E-state index contributed by atoms with van der Waals surface area (Å²) in [5.74, 6) is -1.56. The number of hydrogen-bond donors (Lipinski definition) is 0. The maximum absolute atomic E-state index is 12.9. The molecule has 0 atom stereocenters. The first-order chi connectivity index (χ1) is 6.73. The van der Waals surface area contributed by atoms with E-state index in [-0.39, 0.29) is 4.47 Å². The lowest BCUT2D eigenvalue weighted by Crippen LogP contribution is -2.03. The fraction of sp³-hybridized carbons (Fsp3) is 0.167. The van der Waals surface area contributed by atoms with E-state index in [2.05, 4.69) is 20.9 Å². The molecule has 0 fully saturated rings. The molecule has 1 rings (SSSR count). The van der Waals surface area contributed by atoms with Crippen molar-refractivity contribution in [3.63, 3.8) is 0 Å². The van der Waals surface area contributed by atoms with Gasteiger partial charge in [-0.25, -0.2) is 22.2 Å². The van der Waals surface area contributed by atoms with Crippen LogP contribution < -0.4 is 0 Å². The van der Waals surface area contributed by atoms with Gasteiger partial charge in [0, 0.05) is 10.7 Å². The highest BCUT2D eigenvalue weighted by Gasteiger charge is 2.23. The van der Waals surface area contributed by atoms with Gasteiger partial charge in [-0.15, -0.1) is 0 Å². The lowest BCUT2D eigenvalue weighted by atomic mass is 10.3. The van der Waals surface area contributed by atoms with Gasteiger partial charge < -0.3 is 0 Å². The number of halogens is 5. The van der Waals surface area contributed by atoms with Gasteiger partial charge in [-0.1, -0.05) is 0 Å². The van der Waals surface area contributed by atoms with Crippen molar-refractivity contribution in [1.82, 2.24) is 4.98 Å². The summed E-state index contributed by atoms with van der Waals surface area (Å²) in [5, 5.41) is -0.828. The smallest absolute Gasteiger partial charge is 0.205 e. The van der Waals surface area contributed by atoms with E-state index in [0.717, 1.165) is 0 Å². The maximum atomic E-state index is 12.9. The van der Waals surface area contributed by atoms with Crippen LogP contribution in [0, 0.1) is 5.95 Å². The second-order valence-corrected chi connectivity index (χ2v) is 5.73. The van der Waals surface area contributed by atoms with E-state index >= 15 is 0 Å². The third-order valence-corrected chi connectivity index (χ3v) is 3.47. The molecule has 0 bridgehead atoms. The Morgan fingerprint density at radius 1 is 1.47 bits per heavy atom. The van der Waals surface area contributed by atoms with Crippen molar-refractivity contribution >= 4 is 35.7 Å². The molecule has 84 valence electrons. The highest BCUT2D eigenvalue weighted by Crippen LogP contribution is 2.29. The largest absolute Gasteiger partial charge is 0.279 e. The summed E-state index contributed by atoms with van der Waals surface area (Å²) in [4.78, 5) is 2.85. The van der Waals surface area contributed by atoms with E-state index in [4.69, 9.17) is 10.7 Å². The van der Waals surface area contributed by atoms with Gasteiger partial charge in [-0.2, -0.15) is 4.39 Å². The normalized spacial score (nSPS) is 12.1. The maximum Gasteiger partial charge on any atom is 0.279 e. The fourth-order valence-corrected chi connectivity index (χ4v) is 2.88. The minimum Gasteiger partial charge on any atom is -0.205 e. The number of aromatic nitrogens is 1. The molecular formula is C6H2BrClF3NO2S. The van der Waals surface area contributed by atoms with Crippen LogP contribution >= 0.6 is 26.6 Å². The number of rotatable bonds is 2. The molecular weight excluding hydrogens is 322 g/mol. The lowest BCUT2D eigenvalue weighted by Gasteiger charge is -2.04. The van der Waals surface area contributed by atoms with Crippen LogP contribution in [-0.4, -0.2) is 13.4 Å².